The molecule has 2 rings (SSSR count). The minimum atomic E-state index is -0.204. The third-order valence-electron chi connectivity index (χ3n) is 3.44. The van der Waals surface area contributed by atoms with Gasteiger partial charge >= 0.3 is 0 Å². The summed E-state index contributed by atoms with van der Waals surface area (Å²) < 4.78 is 10.8. The molecular formula is C19H22ClNO3S. The van der Waals surface area contributed by atoms with Gasteiger partial charge in [0.15, 0.2) is 0 Å². The number of methoxy groups -OCH3 is 1. The summed E-state index contributed by atoms with van der Waals surface area (Å²) in [5, 5.41) is 3.45. The van der Waals surface area contributed by atoms with E-state index >= 15 is 0 Å². The van der Waals surface area contributed by atoms with Crippen molar-refractivity contribution in [3.05, 3.63) is 53.6 Å². The third-order valence-corrected chi connectivity index (χ3v) is 4.81. The zero-order valence-corrected chi connectivity index (χ0v) is 16.1. The highest BCUT2D eigenvalue weighted by Crippen LogP contribution is 2.24. The van der Waals surface area contributed by atoms with E-state index < -0.39 is 0 Å². The molecule has 2 aromatic rings. The van der Waals surface area contributed by atoms with Crippen LogP contribution in [-0.2, 0) is 4.79 Å². The number of thioether (sulfide) groups is 1. The first kappa shape index (κ1) is 19.5. The topological polar surface area (TPSA) is 47.6 Å². The highest BCUT2D eigenvalue weighted by molar-refractivity contribution is 8.00. The van der Waals surface area contributed by atoms with Crippen molar-refractivity contribution in [3.63, 3.8) is 0 Å². The second kappa shape index (κ2) is 9.59. The predicted molar refractivity (Wildman–Crippen MR) is 103 cm³/mol. The standard InChI is InChI=1S/C19H22ClNO3S/c1-13(12-24-17-8-6-16(23-3)7-9-17)21-19(22)14(2)25-18-10-4-15(20)5-11-18/h4-11,13-14H,12H2,1-3H3,(H,21,22)/t13-,14+/m1/s1. The van der Waals surface area contributed by atoms with Gasteiger partial charge in [0, 0.05) is 9.92 Å². The molecule has 0 saturated heterocycles. The van der Waals surface area contributed by atoms with Crippen molar-refractivity contribution < 1.29 is 14.3 Å². The largest absolute Gasteiger partial charge is 0.497 e. The molecular weight excluding hydrogens is 358 g/mol. The maximum absolute atomic E-state index is 12.3. The van der Waals surface area contributed by atoms with Crippen molar-refractivity contribution in [2.24, 2.45) is 0 Å². The van der Waals surface area contributed by atoms with Crippen molar-refractivity contribution in [3.8, 4) is 11.5 Å². The van der Waals surface area contributed by atoms with Gasteiger partial charge in [-0.05, 0) is 62.4 Å². The summed E-state index contributed by atoms with van der Waals surface area (Å²) in [4.78, 5) is 13.3. The van der Waals surface area contributed by atoms with Crippen LogP contribution in [0.5, 0.6) is 11.5 Å². The van der Waals surface area contributed by atoms with Crippen LogP contribution in [0, 0.1) is 0 Å². The number of carbonyl (C=O) groups is 1. The highest BCUT2D eigenvalue weighted by atomic mass is 35.5. The molecule has 0 heterocycles. The van der Waals surface area contributed by atoms with E-state index in [0.29, 0.717) is 11.6 Å². The molecule has 0 aromatic heterocycles. The molecule has 4 nitrogen and oxygen atoms in total. The molecule has 0 aliphatic rings. The fraction of sp³-hybridized carbons (Fsp3) is 0.316. The Balaban J connectivity index is 1.77. The van der Waals surface area contributed by atoms with Crippen LogP contribution in [0.2, 0.25) is 5.02 Å². The average molecular weight is 380 g/mol. The van der Waals surface area contributed by atoms with Gasteiger partial charge in [-0.25, -0.2) is 0 Å². The van der Waals surface area contributed by atoms with Gasteiger partial charge < -0.3 is 14.8 Å². The molecule has 2 atom stereocenters. The van der Waals surface area contributed by atoms with Gasteiger partial charge in [-0.2, -0.15) is 0 Å². The maximum atomic E-state index is 12.3. The molecule has 0 spiro atoms. The molecule has 2 aromatic carbocycles. The monoisotopic (exact) mass is 379 g/mol. The van der Waals surface area contributed by atoms with E-state index in [0.717, 1.165) is 16.4 Å². The predicted octanol–water partition coefficient (Wildman–Crippen LogP) is 4.41. The van der Waals surface area contributed by atoms with E-state index in [1.807, 2.05) is 62.4 Å². The number of rotatable bonds is 8. The minimum Gasteiger partial charge on any atom is -0.497 e. The lowest BCUT2D eigenvalue weighted by atomic mass is 10.3. The van der Waals surface area contributed by atoms with Gasteiger partial charge in [0.1, 0.15) is 18.1 Å². The molecule has 1 amide bonds. The second-order valence-electron chi connectivity index (χ2n) is 5.61. The summed E-state index contributed by atoms with van der Waals surface area (Å²) in [5.41, 5.74) is 0. The molecule has 0 bridgehead atoms. The first-order valence-electron chi connectivity index (χ1n) is 7.97. The van der Waals surface area contributed by atoms with Crippen molar-refractivity contribution in [2.75, 3.05) is 13.7 Å². The van der Waals surface area contributed by atoms with E-state index in [4.69, 9.17) is 21.1 Å². The molecule has 134 valence electrons. The summed E-state index contributed by atoms with van der Waals surface area (Å²) in [6, 6.07) is 14.7. The average Bonchev–Trinajstić information content (AvgIpc) is 2.62. The number of ether oxygens (including phenoxy) is 2. The molecule has 0 aliphatic heterocycles. The van der Waals surface area contributed by atoms with E-state index in [1.54, 1.807) is 7.11 Å². The van der Waals surface area contributed by atoms with Gasteiger partial charge in [-0.3, -0.25) is 4.79 Å². The fourth-order valence-corrected chi connectivity index (χ4v) is 3.07. The zero-order valence-electron chi connectivity index (χ0n) is 14.5. The number of benzene rings is 2. The van der Waals surface area contributed by atoms with Crippen LogP contribution in [0.1, 0.15) is 13.8 Å². The first-order valence-corrected chi connectivity index (χ1v) is 9.23. The molecule has 25 heavy (non-hydrogen) atoms. The summed E-state index contributed by atoms with van der Waals surface area (Å²) in [6.07, 6.45) is 0. The van der Waals surface area contributed by atoms with Gasteiger partial charge in [0.2, 0.25) is 5.91 Å². The lowest BCUT2D eigenvalue weighted by Crippen LogP contribution is -2.40. The van der Waals surface area contributed by atoms with E-state index in [2.05, 4.69) is 5.32 Å². The van der Waals surface area contributed by atoms with E-state index in [1.165, 1.54) is 11.8 Å². The quantitative estimate of drug-likeness (QED) is 0.690. The number of nitrogens with one attached hydrogen (secondary N) is 1. The molecule has 0 fully saturated rings. The Morgan fingerprint density at radius 1 is 1.08 bits per heavy atom. The number of hydrogen-bond donors (Lipinski definition) is 1. The molecule has 0 radical (unpaired) electrons. The number of amides is 1. The van der Waals surface area contributed by atoms with Crippen LogP contribution in [0.4, 0.5) is 0 Å². The Labute approximate surface area is 157 Å². The van der Waals surface area contributed by atoms with Crippen molar-refractivity contribution in [1.29, 1.82) is 0 Å². The smallest absolute Gasteiger partial charge is 0.233 e. The Morgan fingerprint density at radius 2 is 1.68 bits per heavy atom. The van der Waals surface area contributed by atoms with Crippen LogP contribution < -0.4 is 14.8 Å². The molecule has 0 unspecified atom stereocenters. The first-order chi connectivity index (χ1) is 12.0. The Kier molecular flexibility index (Phi) is 7.47. The van der Waals surface area contributed by atoms with Crippen LogP contribution in [0.15, 0.2) is 53.4 Å². The summed E-state index contributed by atoms with van der Waals surface area (Å²) in [5.74, 6) is 1.50. The normalized spacial score (nSPS) is 13.0. The van der Waals surface area contributed by atoms with Gasteiger partial charge in [0.05, 0.1) is 18.4 Å². The molecule has 0 aliphatic carbocycles. The van der Waals surface area contributed by atoms with Gasteiger partial charge in [-0.1, -0.05) is 11.6 Å². The Morgan fingerprint density at radius 3 is 2.28 bits per heavy atom. The van der Waals surface area contributed by atoms with Gasteiger partial charge in [0.25, 0.3) is 0 Å². The van der Waals surface area contributed by atoms with Crippen LogP contribution in [0.3, 0.4) is 0 Å². The molecule has 6 heteroatoms. The molecule has 1 N–H and O–H groups in total. The number of hydrogen-bond acceptors (Lipinski definition) is 4. The summed E-state index contributed by atoms with van der Waals surface area (Å²) >= 11 is 7.37. The highest BCUT2D eigenvalue weighted by Gasteiger charge is 2.16. The van der Waals surface area contributed by atoms with Crippen molar-refractivity contribution in [1.82, 2.24) is 5.32 Å². The Hall–Kier alpha value is -1.85. The lowest BCUT2D eigenvalue weighted by Gasteiger charge is -2.18. The van der Waals surface area contributed by atoms with Gasteiger partial charge in [-0.15, -0.1) is 11.8 Å². The summed E-state index contributed by atoms with van der Waals surface area (Å²) in [6.45, 7) is 4.20. The Bertz CT molecular complexity index is 676. The van der Waals surface area contributed by atoms with E-state index in [9.17, 15) is 4.79 Å². The summed E-state index contributed by atoms with van der Waals surface area (Å²) in [7, 11) is 1.62. The molecule has 0 saturated carbocycles. The van der Waals surface area contributed by atoms with E-state index in [-0.39, 0.29) is 17.2 Å². The van der Waals surface area contributed by atoms with Crippen LogP contribution in [0.25, 0.3) is 0 Å². The van der Waals surface area contributed by atoms with Crippen molar-refractivity contribution >= 4 is 29.3 Å². The van der Waals surface area contributed by atoms with Crippen molar-refractivity contribution in [2.45, 2.75) is 30.0 Å². The number of halogens is 1. The third kappa shape index (κ3) is 6.52. The fourth-order valence-electron chi connectivity index (χ4n) is 2.07. The lowest BCUT2D eigenvalue weighted by molar-refractivity contribution is -0.121. The second-order valence-corrected chi connectivity index (χ2v) is 7.46. The number of carbonyl (C=O) groups excluding carboxylic acids is 1. The van der Waals surface area contributed by atoms with Crippen LogP contribution in [-0.4, -0.2) is 30.9 Å². The SMILES string of the molecule is COc1ccc(OC[C@@H](C)NC(=O)[C@H](C)Sc2ccc(Cl)cc2)cc1. The minimum absolute atomic E-state index is 0.0224. The zero-order chi connectivity index (χ0) is 18.2. The van der Waals surface area contributed by atoms with Crippen LogP contribution >= 0.6 is 23.4 Å². The maximum Gasteiger partial charge on any atom is 0.233 e.